The maximum absolute atomic E-state index is 12.4. The van der Waals surface area contributed by atoms with Gasteiger partial charge in [-0.3, -0.25) is 19.3 Å². The van der Waals surface area contributed by atoms with Gasteiger partial charge in [-0.15, -0.1) is 6.42 Å². The van der Waals surface area contributed by atoms with Gasteiger partial charge in [0.2, 0.25) is 11.8 Å². The molecule has 23 heavy (non-hydrogen) atoms. The van der Waals surface area contributed by atoms with Gasteiger partial charge in [-0.25, -0.2) is 4.79 Å². The fourth-order valence-electron chi connectivity index (χ4n) is 3.13. The Bertz CT molecular complexity index is 541. The smallest absolute Gasteiger partial charge is 0.329 e. The summed E-state index contributed by atoms with van der Waals surface area (Å²) < 4.78 is 4.86. The molecule has 0 aromatic carbocycles. The first-order valence-electron chi connectivity index (χ1n) is 7.71. The molecule has 0 bridgehead atoms. The van der Waals surface area contributed by atoms with Gasteiger partial charge in [-0.2, -0.15) is 0 Å². The molecule has 7 nitrogen and oxygen atoms in total. The van der Waals surface area contributed by atoms with E-state index < -0.39 is 24.5 Å². The van der Waals surface area contributed by atoms with Crippen molar-refractivity contribution in [2.24, 2.45) is 11.8 Å². The zero-order valence-corrected chi connectivity index (χ0v) is 13.0. The Balaban J connectivity index is 1.94. The molecule has 1 heterocycles. The second-order valence-corrected chi connectivity index (χ2v) is 5.81. The highest BCUT2D eigenvalue weighted by Crippen LogP contribution is 2.38. The van der Waals surface area contributed by atoms with Gasteiger partial charge in [0.15, 0.2) is 6.61 Å². The SMILES string of the molecule is C#CCNC(=O)COC(=O)[C@H](C)N1C(=O)[C@H]2CCCC[C@H]2C1=O. The van der Waals surface area contributed by atoms with E-state index in [1.807, 2.05) is 0 Å². The third-order valence-electron chi connectivity index (χ3n) is 4.34. The maximum atomic E-state index is 12.4. The Morgan fingerprint density at radius 1 is 1.30 bits per heavy atom. The fraction of sp³-hybridized carbons (Fsp3) is 0.625. The minimum Gasteiger partial charge on any atom is -0.454 e. The molecule has 3 atom stereocenters. The lowest BCUT2D eigenvalue weighted by Gasteiger charge is -2.21. The van der Waals surface area contributed by atoms with Crippen LogP contribution in [0.1, 0.15) is 32.6 Å². The van der Waals surface area contributed by atoms with Crippen LogP contribution in [0.3, 0.4) is 0 Å². The molecule has 3 amide bonds. The van der Waals surface area contributed by atoms with E-state index in [1.54, 1.807) is 0 Å². The van der Waals surface area contributed by atoms with Crippen LogP contribution >= 0.6 is 0 Å². The molecular weight excluding hydrogens is 300 g/mol. The standard InChI is InChI=1S/C16H20N2O5/c1-3-8-17-13(19)9-23-16(22)10(2)18-14(20)11-6-4-5-7-12(11)15(18)21/h1,10-12H,4-9H2,2H3,(H,17,19)/t10-,11-,12+/m0/s1. The van der Waals surface area contributed by atoms with Crippen molar-refractivity contribution in [1.82, 2.24) is 10.2 Å². The third kappa shape index (κ3) is 3.52. The van der Waals surface area contributed by atoms with Crippen LogP contribution in [-0.2, 0) is 23.9 Å². The summed E-state index contributed by atoms with van der Waals surface area (Å²) in [6.07, 6.45) is 8.20. The summed E-state index contributed by atoms with van der Waals surface area (Å²) in [6, 6.07) is -1.03. The molecular formula is C16H20N2O5. The van der Waals surface area contributed by atoms with E-state index in [0.29, 0.717) is 12.8 Å². The number of rotatable bonds is 5. The fourth-order valence-corrected chi connectivity index (χ4v) is 3.13. The van der Waals surface area contributed by atoms with Gasteiger partial charge in [0.25, 0.3) is 5.91 Å². The third-order valence-corrected chi connectivity index (χ3v) is 4.34. The number of esters is 1. The van der Waals surface area contributed by atoms with Gasteiger partial charge in [-0.05, 0) is 19.8 Å². The zero-order chi connectivity index (χ0) is 17.0. The lowest BCUT2D eigenvalue weighted by Crippen LogP contribution is -2.45. The molecule has 7 heteroatoms. The van der Waals surface area contributed by atoms with Gasteiger partial charge >= 0.3 is 5.97 Å². The minimum absolute atomic E-state index is 0.0401. The van der Waals surface area contributed by atoms with Crippen LogP contribution in [-0.4, -0.2) is 47.8 Å². The molecule has 1 aliphatic carbocycles. The number of carbonyl (C=O) groups excluding carboxylic acids is 4. The molecule has 2 fully saturated rings. The van der Waals surface area contributed by atoms with Crippen LogP contribution in [0.4, 0.5) is 0 Å². The van der Waals surface area contributed by atoms with Crippen LogP contribution in [0.5, 0.6) is 0 Å². The highest BCUT2D eigenvalue weighted by molar-refractivity contribution is 6.07. The molecule has 2 aliphatic rings. The summed E-state index contributed by atoms with van der Waals surface area (Å²) in [5, 5.41) is 2.35. The van der Waals surface area contributed by atoms with E-state index in [2.05, 4.69) is 11.2 Å². The highest BCUT2D eigenvalue weighted by Gasteiger charge is 2.51. The molecule has 0 unspecified atom stereocenters. The van der Waals surface area contributed by atoms with Gasteiger partial charge < -0.3 is 10.1 Å². The minimum atomic E-state index is -1.03. The first-order chi connectivity index (χ1) is 11.0. The van der Waals surface area contributed by atoms with Gasteiger partial charge in [-0.1, -0.05) is 18.8 Å². The van der Waals surface area contributed by atoms with Crippen molar-refractivity contribution in [1.29, 1.82) is 0 Å². The predicted molar refractivity (Wildman–Crippen MR) is 79.6 cm³/mol. The average Bonchev–Trinajstić information content (AvgIpc) is 2.81. The second-order valence-electron chi connectivity index (χ2n) is 5.81. The van der Waals surface area contributed by atoms with E-state index in [1.165, 1.54) is 6.92 Å². The summed E-state index contributed by atoms with van der Waals surface area (Å²) >= 11 is 0. The molecule has 0 aromatic rings. The van der Waals surface area contributed by atoms with Crippen LogP contribution in [0.2, 0.25) is 0 Å². The molecule has 1 saturated heterocycles. The van der Waals surface area contributed by atoms with E-state index >= 15 is 0 Å². The Morgan fingerprint density at radius 3 is 2.39 bits per heavy atom. The van der Waals surface area contributed by atoms with E-state index in [0.717, 1.165) is 17.7 Å². The molecule has 1 saturated carbocycles. The van der Waals surface area contributed by atoms with Crippen LogP contribution in [0.25, 0.3) is 0 Å². The number of imide groups is 1. The van der Waals surface area contributed by atoms with Crippen molar-refractivity contribution >= 4 is 23.7 Å². The summed E-state index contributed by atoms with van der Waals surface area (Å²) in [4.78, 5) is 49.1. The van der Waals surface area contributed by atoms with Crippen LogP contribution in [0.15, 0.2) is 0 Å². The average molecular weight is 320 g/mol. The number of amides is 3. The van der Waals surface area contributed by atoms with Crippen molar-refractivity contribution < 1.29 is 23.9 Å². The number of hydrogen-bond acceptors (Lipinski definition) is 5. The van der Waals surface area contributed by atoms with Crippen molar-refractivity contribution in [3.8, 4) is 12.3 Å². The van der Waals surface area contributed by atoms with Crippen molar-refractivity contribution in [3.05, 3.63) is 0 Å². The van der Waals surface area contributed by atoms with Gasteiger partial charge in [0.05, 0.1) is 18.4 Å². The molecule has 0 aromatic heterocycles. The van der Waals surface area contributed by atoms with Crippen LogP contribution < -0.4 is 5.32 Å². The number of carbonyl (C=O) groups is 4. The monoisotopic (exact) mass is 320 g/mol. The molecule has 1 N–H and O–H groups in total. The second kappa shape index (κ2) is 7.27. The van der Waals surface area contributed by atoms with Gasteiger partial charge in [0, 0.05) is 0 Å². The number of likely N-dealkylation sites (tertiary alicyclic amines) is 1. The highest BCUT2D eigenvalue weighted by atomic mass is 16.5. The largest absolute Gasteiger partial charge is 0.454 e. The normalized spacial score (nSPS) is 24.6. The van der Waals surface area contributed by atoms with Crippen LogP contribution in [0, 0.1) is 24.2 Å². The first kappa shape index (κ1) is 17.0. The molecule has 0 radical (unpaired) electrons. The molecule has 1 aliphatic heterocycles. The number of fused-ring (bicyclic) bond motifs is 1. The lowest BCUT2D eigenvalue weighted by molar-refractivity contribution is -0.159. The Kier molecular flexibility index (Phi) is 5.37. The zero-order valence-electron chi connectivity index (χ0n) is 13.0. The molecule has 124 valence electrons. The number of nitrogens with zero attached hydrogens (tertiary/aromatic N) is 1. The summed E-state index contributed by atoms with van der Waals surface area (Å²) in [5.74, 6) is -0.322. The maximum Gasteiger partial charge on any atom is 0.329 e. The van der Waals surface area contributed by atoms with Crippen molar-refractivity contribution in [2.75, 3.05) is 13.2 Å². The van der Waals surface area contributed by atoms with Crippen molar-refractivity contribution in [2.45, 2.75) is 38.6 Å². The summed E-state index contributed by atoms with van der Waals surface area (Å²) in [5.41, 5.74) is 0. The van der Waals surface area contributed by atoms with E-state index in [-0.39, 0.29) is 30.2 Å². The van der Waals surface area contributed by atoms with E-state index in [4.69, 9.17) is 11.2 Å². The molecule has 0 spiro atoms. The summed E-state index contributed by atoms with van der Waals surface area (Å²) in [7, 11) is 0. The predicted octanol–water partition coefficient (Wildman–Crippen LogP) is -0.157. The number of hydrogen-bond donors (Lipinski definition) is 1. The Labute approximate surface area is 134 Å². The van der Waals surface area contributed by atoms with E-state index in [9.17, 15) is 19.2 Å². The van der Waals surface area contributed by atoms with Crippen molar-refractivity contribution in [3.63, 3.8) is 0 Å². The Hall–Kier alpha value is -2.36. The topological polar surface area (TPSA) is 92.8 Å². The molecule has 2 rings (SSSR count). The Morgan fingerprint density at radius 2 is 1.87 bits per heavy atom. The first-order valence-corrected chi connectivity index (χ1v) is 7.71. The van der Waals surface area contributed by atoms with Gasteiger partial charge in [0.1, 0.15) is 6.04 Å². The quantitative estimate of drug-likeness (QED) is 0.432. The number of nitrogens with one attached hydrogen (secondary N) is 1. The lowest BCUT2D eigenvalue weighted by atomic mass is 9.81. The summed E-state index contributed by atoms with van der Waals surface area (Å²) in [6.45, 7) is 0.987. The number of terminal acetylenes is 1. The number of ether oxygens (including phenoxy) is 1.